The van der Waals surface area contributed by atoms with Gasteiger partial charge in [0.05, 0.1) is 24.5 Å². The van der Waals surface area contributed by atoms with Crippen molar-refractivity contribution in [2.75, 3.05) is 6.61 Å². The highest BCUT2D eigenvalue weighted by Gasteiger charge is 2.21. The quantitative estimate of drug-likeness (QED) is 0.758. The van der Waals surface area contributed by atoms with Gasteiger partial charge in [-0.15, -0.1) is 0 Å². The third-order valence-corrected chi connectivity index (χ3v) is 3.46. The fourth-order valence-corrected chi connectivity index (χ4v) is 2.53. The molecule has 4 heteroatoms. The Bertz CT molecular complexity index is 392. The molecule has 0 spiro atoms. The lowest BCUT2D eigenvalue weighted by atomic mass is 9.95. The third-order valence-electron chi connectivity index (χ3n) is 3.46. The van der Waals surface area contributed by atoms with Crippen molar-refractivity contribution < 1.29 is 9.53 Å². The molecule has 4 nitrogen and oxygen atoms in total. The molecule has 0 aliphatic heterocycles. The molecule has 94 valence electrons. The van der Waals surface area contributed by atoms with E-state index in [0.717, 1.165) is 5.69 Å². The lowest BCUT2D eigenvalue weighted by Gasteiger charge is -2.23. The van der Waals surface area contributed by atoms with Crippen LogP contribution >= 0.6 is 0 Å². The van der Waals surface area contributed by atoms with E-state index >= 15 is 0 Å². The second kappa shape index (κ2) is 5.34. The molecule has 17 heavy (non-hydrogen) atoms. The molecule has 0 N–H and O–H groups in total. The summed E-state index contributed by atoms with van der Waals surface area (Å²) in [7, 11) is 0. The molecule has 1 aromatic rings. The summed E-state index contributed by atoms with van der Waals surface area (Å²) in [5, 5.41) is 4.36. The van der Waals surface area contributed by atoms with Crippen molar-refractivity contribution in [3.05, 3.63) is 17.5 Å². The maximum Gasteiger partial charge on any atom is 0.341 e. The summed E-state index contributed by atoms with van der Waals surface area (Å²) < 4.78 is 7.02. The highest BCUT2D eigenvalue weighted by Crippen LogP contribution is 2.29. The van der Waals surface area contributed by atoms with Crippen LogP contribution in [0.2, 0.25) is 0 Å². The monoisotopic (exact) mass is 236 g/mol. The van der Waals surface area contributed by atoms with E-state index in [0.29, 0.717) is 18.2 Å². The van der Waals surface area contributed by atoms with Crippen LogP contribution in [0.5, 0.6) is 0 Å². The number of carbonyl (C=O) groups excluding carboxylic acids is 1. The molecule has 0 saturated heterocycles. The Morgan fingerprint density at radius 2 is 2.18 bits per heavy atom. The van der Waals surface area contributed by atoms with E-state index in [-0.39, 0.29) is 5.97 Å². The van der Waals surface area contributed by atoms with Crippen LogP contribution in [-0.4, -0.2) is 22.4 Å². The Morgan fingerprint density at radius 1 is 1.47 bits per heavy atom. The van der Waals surface area contributed by atoms with E-state index in [4.69, 9.17) is 4.74 Å². The summed E-state index contributed by atoms with van der Waals surface area (Å²) >= 11 is 0. The molecule has 2 rings (SSSR count). The molecule has 0 unspecified atom stereocenters. The van der Waals surface area contributed by atoms with E-state index in [1.54, 1.807) is 6.20 Å². The Hall–Kier alpha value is -1.32. The van der Waals surface area contributed by atoms with Gasteiger partial charge in [0.25, 0.3) is 0 Å². The Balaban J connectivity index is 2.16. The van der Waals surface area contributed by atoms with Gasteiger partial charge >= 0.3 is 5.97 Å². The van der Waals surface area contributed by atoms with Gasteiger partial charge in [-0.25, -0.2) is 4.79 Å². The fraction of sp³-hybridized carbons (Fsp3) is 0.692. The minimum absolute atomic E-state index is 0.257. The maximum absolute atomic E-state index is 11.7. The number of hydrogen-bond acceptors (Lipinski definition) is 3. The van der Waals surface area contributed by atoms with Crippen LogP contribution in [0.4, 0.5) is 0 Å². The molecular weight excluding hydrogens is 216 g/mol. The summed E-state index contributed by atoms with van der Waals surface area (Å²) in [6, 6.07) is 0.465. The molecule has 1 aliphatic rings. The molecule has 1 saturated carbocycles. The minimum atomic E-state index is -0.257. The Kier molecular flexibility index (Phi) is 3.82. The average Bonchev–Trinajstić information content (AvgIpc) is 2.72. The summed E-state index contributed by atoms with van der Waals surface area (Å²) in [5.41, 5.74) is 1.55. The van der Waals surface area contributed by atoms with Crippen molar-refractivity contribution in [2.24, 2.45) is 0 Å². The number of ether oxygens (including phenoxy) is 1. The predicted octanol–water partition coefficient (Wildman–Crippen LogP) is 2.87. The van der Waals surface area contributed by atoms with Crippen LogP contribution in [0.15, 0.2) is 6.20 Å². The van der Waals surface area contributed by atoms with Gasteiger partial charge in [0.15, 0.2) is 0 Å². The van der Waals surface area contributed by atoms with Crippen molar-refractivity contribution in [3.63, 3.8) is 0 Å². The van der Waals surface area contributed by atoms with Crippen molar-refractivity contribution in [1.82, 2.24) is 9.78 Å². The number of carbonyl (C=O) groups is 1. The molecule has 1 heterocycles. The van der Waals surface area contributed by atoms with Crippen LogP contribution in [0.1, 0.15) is 61.1 Å². The lowest BCUT2D eigenvalue weighted by molar-refractivity contribution is 0.0525. The fourth-order valence-electron chi connectivity index (χ4n) is 2.53. The number of rotatable bonds is 3. The first kappa shape index (κ1) is 12.1. The summed E-state index contributed by atoms with van der Waals surface area (Å²) in [4.78, 5) is 11.7. The maximum atomic E-state index is 11.7. The van der Waals surface area contributed by atoms with Crippen LogP contribution in [0, 0.1) is 6.92 Å². The first-order chi connectivity index (χ1) is 8.24. The highest BCUT2D eigenvalue weighted by atomic mass is 16.5. The number of hydrogen-bond donors (Lipinski definition) is 0. The van der Waals surface area contributed by atoms with Gasteiger partial charge in [0.2, 0.25) is 0 Å². The van der Waals surface area contributed by atoms with E-state index in [2.05, 4.69) is 5.10 Å². The molecular formula is C13H20N2O2. The molecule has 0 bridgehead atoms. The second-order valence-electron chi connectivity index (χ2n) is 4.60. The van der Waals surface area contributed by atoms with E-state index in [1.807, 2.05) is 18.5 Å². The predicted molar refractivity (Wildman–Crippen MR) is 65.0 cm³/mol. The van der Waals surface area contributed by atoms with Crippen molar-refractivity contribution in [3.8, 4) is 0 Å². The molecule has 1 aliphatic carbocycles. The summed E-state index contributed by atoms with van der Waals surface area (Å²) in [6.07, 6.45) is 7.83. The van der Waals surface area contributed by atoms with Crippen LogP contribution in [0.25, 0.3) is 0 Å². The summed E-state index contributed by atoms with van der Waals surface area (Å²) in [6.45, 7) is 4.18. The zero-order valence-corrected chi connectivity index (χ0v) is 10.6. The molecule has 0 atom stereocenters. The van der Waals surface area contributed by atoms with Gasteiger partial charge in [-0.2, -0.15) is 5.10 Å². The lowest BCUT2D eigenvalue weighted by Crippen LogP contribution is -2.16. The van der Waals surface area contributed by atoms with Crippen LogP contribution in [-0.2, 0) is 4.74 Å². The second-order valence-corrected chi connectivity index (χ2v) is 4.60. The Labute approximate surface area is 102 Å². The molecule has 1 aromatic heterocycles. The van der Waals surface area contributed by atoms with Gasteiger partial charge in [-0.3, -0.25) is 4.68 Å². The Morgan fingerprint density at radius 3 is 2.82 bits per heavy atom. The standard InChI is InChI=1S/C13H20N2O2/c1-3-17-13(16)12-9-14-15(10(12)2)11-7-5-4-6-8-11/h9,11H,3-8H2,1-2H3. The largest absolute Gasteiger partial charge is 0.462 e. The zero-order chi connectivity index (χ0) is 12.3. The number of esters is 1. The zero-order valence-electron chi connectivity index (χ0n) is 10.6. The van der Waals surface area contributed by atoms with Gasteiger partial charge in [0.1, 0.15) is 5.56 Å². The third kappa shape index (κ3) is 2.51. The van der Waals surface area contributed by atoms with E-state index in [9.17, 15) is 4.79 Å². The van der Waals surface area contributed by atoms with Gasteiger partial charge < -0.3 is 4.74 Å². The van der Waals surface area contributed by atoms with E-state index in [1.165, 1.54) is 32.1 Å². The SMILES string of the molecule is CCOC(=O)c1cnn(C2CCCCC2)c1C. The highest BCUT2D eigenvalue weighted by molar-refractivity contribution is 5.90. The molecule has 0 aromatic carbocycles. The van der Waals surface area contributed by atoms with Crippen molar-refractivity contribution in [2.45, 2.75) is 52.0 Å². The average molecular weight is 236 g/mol. The van der Waals surface area contributed by atoms with Crippen LogP contribution in [0.3, 0.4) is 0 Å². The molecule has 1 fully saturated rings. The van der Waals surface area contributed by atoms with Gasteiger partial charge in [-0.1, -0.05) is 19.3 Å². The van der Waals surface area contributed by atoms with E-state index < -0.39 is 0 Å². The number of aromatic nitrogens is 2. The smallest absolute Gasteiger partial charge is 0.341 e. The first-order valence-electron chi connectivity index (χ1n) is 6.45. The van der Waals surface area contributed by atoms with Crippen LogP contribution < -0.4 is 0 Å². The first-order valence-corrected chi connectivity index (χ1v) is 6.45. The van der Waals surface area contributed by atoms with Gasteiger partial charge in [-0.05, 0) is 26.7 Å². The topological polar surface area (TPSA) is 44.1 Å². The molecule has 0 amide bonds. The normalized spacial score (nSPS) is 17.1. The van der Waals surface area contributed by atoms with Gasteiger partial charge in [0, 0.05) is 0 Å². The minimum Gasteiger partial charge on any atom is -0.462 e. The van der Waals surface area contributed by atoms with Crippen molar-refractivity contribution in [1.29, 1.82) is 0 Å². The number of nitrogens with zero attached hydrogens (tertiary/aromatic N) is 2. The van der Waals surface area contributed by atoms with Crippen molar-refractivity contribution >= 4 is 5.97 Å². The molecule has 0 radical (unpaired) electrons. The summed E-state index contributed by atoms with van der Waals surface area (Å²) in [5.74, 6) is -0.257.